The van der Waals surface area contributed by atoms with E-state index in [1.54, 1.807) is 0 Å². The van der Waals surface area contributed by atoms with Crippen molar-refractivity contribution in [3.8, 4) is 0 Å². The summed E-state index contributed by atoms with van der Waals surface area (Å²) >= 11 is 3.20. The van der Waals surface area contributed by atoms with E-state index in [4.69, 9.17) is 0 Å². The van der Waals surface area contributed by atoms with Crippen molar-refractivity contribution in [1.82, 2.24) is 10.6 Å². The number of amides is 1. The van der Waals surface area contributed by atoms with Gasteiger partial charge in [0.05, 0.1) is 10.5 Å². The molecule has 1 heterocycles. The van der Waals surface area contributed by atoms with Gasteiger partial charge in [0.1, 0.15) is 0 Å². The summed E-state index contributed by atoms with van der Waals surface area (Å²) in [7, 11) is 0. The molecule has 0 aromatic heterocycles. The van der Waals surface area contributed by atoms with Crippen molar-refractivity contribution < 1.29 is 9.72 Å². The molecule has 6 nitrogen and oxygen atoms in total. The zero-order chi connectivity index (χ0) is 13.8. The van der Waals surface area contributed by atoms with Gasteiger partial charge >= 0.3 is 0 Å². The second-order valence-corrected chi connectivity index (χ2v) is 5.29. The minimum Gasteiger partial charge on any atom is -0.348 e. The van der Waals surface area contributed by atoms with Gasteiger partial charge in [-0.05, 0) is 41.4 Å². The molecule has 0 saturated carbocycles. The van der Waals surface area contributed by atoms with E-state index in [-0.39, 0.29) is 30.0 Å². The zero-order valence-corrected chi connectivity index (χ0v) is 13.0. The van der Waals surface area contributed by atoms with Crippen LogP contribution in [0.5, 0.6) is 0 Å². The van der Waals surface area contributed by atoms with E-state index in [9.17, 15) is 14.9 Å². The number of nitrogens with zero attached hydrogens (tertiary/aromatic N) is 1. The van der Waals surface area contributed by atoms with Gasteiger partial charge in [0.2, 0.25) is 0 Å². The molecule has 8 heteroatoms. The first kappa shape index (κ1) is 16.9. The van der Waals surface area contributed by atoms with E-state index in [0.717, 1.165) is 25.9 Å². The van der Waals surface area contributed by atoms with Crippen LogP contribution in [0.4, 0.5) is 5.69 Å². The summed E-state index contributed by atoms with van der Waals surface area (Å²) in [6, 6.07) is 4.25. The molecule has 1 saturated heterocycles. The van der Waals surface area contributed by atoms with Crippen molar-refractivity contribution >= 4 is 39.9 Å². The normalized spacial score (nSPS) is 17.9. The van der Waals surface area contributed by atoms with Crippen LogP contribution in [0, 0.1) is 10.1 Å². The molecule has 20 heavy (non-hydrogen) atoms. The number of hydrogen-bond donors (Lipinski definition) is 2. The van der Waals surface area contributed by atoms with Crippen molar-refractivity contribution in [1.29, 1.82) is 0 Å². The maximum absolute atomic E-state index is 12.1. The Morgan fingerprint density at radius 1 is 1.50 bits per heavy atom. The lowest BCUT2D eigenvalue weighted by atomic mass is 10.1. The Labute approximate surface area is 131 Å². The van der Waals surface area contributed by atoms with E-state index in [1.807, 2.05) is 0 Å². The molecule has 0 bridgehead atoms. The molecule has 0 aliphatic carbocycles. The second kappa shape index (κ2) is 7.56. The maximum Gasteiger partial charge on any atom is 0.270 e. The van der Waals surface area contributed by atoms with E-state index in [1.165, 1.54) is 18.2 Å². The van der Waals surface area contributed by atoms with Crippen LogP contribution in [0.15, 0.2) is 22.7 Å². The van der Waals surface area contributed by atoms with E-state index >= 15 is 0 Å². The van der Waals surface area contributed by atoms with Crippen LogP contribution in [-0.2, 0) is 0 Å². The Kier molecular flexibility index (Phi) is 6.38. The van der Waals surface area contributed by atoms with Gasteiger partial charge in [0.15, 0.2) is 0 Å². The molecule has 0 unspecified atom stereocenters. The first-order valence-corrected chi connectivity index (χ1v) is 6.83. The molecular weight excluding hydrogens is 350 g/mol. The van der Waals surface area contributed by atoms with Gasteiger partial charge < -0.3 is 10.6 Å². The molecule has 0 spiro atoms. The fraction of sp³-hybridized carbons (Fsp3) is 0.417. The lowest BCUT2D eigenvalue weighted by Crippen LogP contribution is -2.45. The van der Waals surface area contributed by atoms with Crippen molar-refractivity contribution in [3.63, 3.8) is 0 Å². The summed E-state index contributed by atoms with van der Waals surface area (Å²) in [6.07, 6.45) is 1.98. The van der Waals surface area contributed by atoms with Gasteiger partial charge in [-0.25, -0.2) is 0 Å². The summed E-state index contributed by atoms with van der Waals surface area (Å²) in [5.74, 6) is -0.213. The van der Waals surface area contributed by atoms with E-state index in [0.29, 0.717) is 10.0 Å². The Hall–Kier alpha value is -1.18. The first-order chi connectivity index (χ1) is 9.08. The number of piperidine rings is 1. The van der Waals surface area contributed by atoms with Gasteiger partial charge in [0.25, 0.3) is 11.6 Å². The third-order valence-corrected chi connectivity index (χ3v) is 3.70. The van der Waals surface area contributed by atoms with Crippen molar-refractivity contribution in [3.05, 3.63) is 38.3 Å². The summed E-state index contributed by atoms with van der Waals surface area (Å²) in [5.41, 5.74) is 0.374. The quantitative estimate of drug-likeness (QED) is 0.636. The van der Waals surface area contributed by atoms with Crippen LogP contribution in [0.2, 0.25) is 0 Å². The molecule has 1 aromatic rings. The van der Waals surface area contributed by atoms with Crippen LogP contribution < -0.4 is 10.6 Å². The molecule has 1 fully saturated rings. The largest absolute Gasteiger partial charge is 0.348 e. The van der Waals surface area contributed by atoms with Crippen LogP contribution in [-0.4, -0.2) is 30.0 Å². The predicted molar refractivity (Wildman–Crippen MR) is 81.4 cm³/mol. The molecule has 1 amide bonds. The SMILES string of the molecule is Cl.O=C(N[C@H]1CCCNC1)c1ccc([N+](=O)[O-])cc1Br. The Balaban J connectivity index is 0.00000200. The summed E-state index contributed by atoms with van der Waals surface area (Å²) < 4.78 is 0.433. The monoisotopic (exact) mass is 363 g/mol. The number of non-ortho nitro benzene ring substituents is 1. The molecule has 1 atom stereocenters. The Morgan fingerprint density at radius 2 is 2.25 bits per heavy atom. The van der Waals surface area contributed by atoms with Crippen LogP contribution in [0.25, 0.3) is 0 Å². The van der Waals surface area contributed by atoms with Gasteiger partial charge in [-0.15, -0.1) is 12.4 Å². The zero-order valence-electron chi connectivity index (χ0n) is 10.6. The smallest absolute Gasteiger partial charge is 0.270 e. The predicted octanol–water partition coefficient (Wildman–Crippen LogP) is 2.26. The number of rotatable bonds is 3. The van der Waals surface area contributed by atoms with E-state index in [2.05, 4.69) is 26.6 Å². The molecule has 0 radical (unpaired) electrons. The number of benzene rings is 1. The summed E-state index contributed by atoms with van der Waals surface area (Å²) in [4.78, 5) is 22.2. The number of nitro benzene ring substituents is 1. The highest BCUT2D eigenvalue weighted by Gasteiger charge is 2.19. The average molecular weight is 365 g/mol. The topological polar surface area (TPSA) is 84.3 Å². The maximum atomic E-state index is 12.1. The number of carbonyl (C=O) groups excluding carboxylic acids is 1. The van der Waals surface area contributed by atoms with Gasteiger partial charge in [-0.2, -0.15) is 0 Å². The van der Waals surface area contributed by atoms with Crippen LogP contribution in [0.3, 0.4) is 0 Å². The first-order valence-electron chi connectivity index (χ1n) is 6.03. The molecule has 1 aliphatic rings. The van der Waals surface area contributed by atoms with Crippen LogP contribution >= 0.6 is 28.3 Å². The van der Waals surface area contributed by atoms with Gasteiger partial charge in [-0.1, -0.05) is 0 Å². The highest BCUT2D eigenvalue weighted by Crippen LogP contribution is 2.23. The second-order valence-electron chi connectivity index (χ2n) is 4.44. The van der Waals surface area contributed by atoms with Crippen molar-refractivity contribution in [2.45, 2.75) is 18.9 Å². The highest BCUT2D eigenvalue weighted by atomic mass is 79.9. The minimum atomic E-state index is -0.489. The summed E-state index contributed by atoms with van der Waals surface area (Å²) in [6.45, 7) is 1.74. The standard InChI is InChI=1S/C12H14BrN3O3.ClH/c13-11-6-9(16(18)19)3-4-10(11)12(17)15-8-2-1-5-14-7-8;/h3-4,6,8,14H,1-2,5,7H2,(H,15,17);1H/t8-;/m0./s1. The van der Waals surface area contributed by atoms with Gasteiger partial charge in [0, 0.05) is 29.2 Å². The van der Waals surface area contributed by atoms with Crippen LogP contribution in [0.1, 0.15) is 23.2 Å². The Bertz CT molecular complexity index is 507. The number of carbonyl (C=O) groups is 1. The average Bonchev–Trinajstić information content (AvgIpc) is 2.39. The van der Waals surface area contributed by atoms with E-state index < -0.39 is 4.92 Å². The molecule has 2 rings (SSSR count). The van der Waals surface area contributed by atoms with Gasteiger partial charge in [-0.3, -0.25) is 14.9 Å². The molecule has 1 aliphatic heterocycles. The number of hydrogen-bond acceptors (Lipinski definition) is 4. The fourth-order valence-electron chi connectivity index (χ4n) is 2.04. The summed E-state index contributed by atoms with van der Waals surface area (Å²) in [5, 5.41) is 16.8. The molecule has 2 N–H and O–H groups in total. The molecule has 1 aromatic carbocycles. The molecular formula is C12H15BrClN3O3. The minimum absolute atomic E-state index is 0. The van der Waals surface area contributed by atoms with Crippen molar-refractivity contribution in [2.75, 3.05) is 13.1 Å². The lowest BCUT2D eigenvalue weighted by molar-refractivity contribution is -0.384. The third kappa shape index (κ3) is 4.16. The Morgan fingerprint density at radius 3 is 2.80 bits per heavy atom. The molecule has 110 valence electrons. The fourth-order valence-corrected chi connectivity index (χ4v) is 2.59. The lowest BCUT2D eigenvalue weighted by Gasteiger charge is -2.23. The number of nitrogens with one attached hydrogen (secondary N) is 2. The number of nitro groups is 1. The highest BCUT2D eigenvalue weighted by molar-refractivity contribution is 9.10. The number of halogens is 2. The van der Waals surface area contributed by atoms with Crippen molar-refractivity contribution in [2.24, 2.45) is 0 Å². The third-order valence-electron chi connectivity index (χ3n) is 3.04.